The van der Waals surface area contributed by atoms with Crippen LogP contribution < -0.4 is 4.74 Å². The van der Waals surface area contributed by atoms with E-state index in [2.05, 4.69) is 11.1 Å². The van der Waals surface area contributed by atoms with Gasteiger partial charge in [0.25, 0.3) is 0 Å². The summed E-state index contributed by atoms with van der Waals surface area (Å²) in [7, 11) is 1.61. The topological polar surface area (TPSA) is 82.9 Å². The second-order valence-electron chi connectivity index (χ2n) is 6.51. The molecule has 3 rings (SSSR count). The molecule has 1 unspecified atom stereocenters. The van der Waals surface area contributed by atoms with E-state index in [1.807, 2.05) is 35.2 Å². The van der Waals surface area contributed by atoms with Crippen LogP contribution in [0, 0.1) is 0 Å². The molecule has 0 bridgehead atoms. The Balaban J connectivity index is 1.94. The van der Waals surface area contributed by atoms with E-state index in [1.165, 1.54) is 0 Å². The highest BCUT2D eigenvalue weighted by atomic mass is 16.5. The number of hydrogen-bond acceptors (Lipinski definition) is 5. The van der Waals surface area contributed by atoms with Gasteiger partial charge in [0, 0.05) is 12.7 Å². The first kappa shape index (κ1) is 18.4. The first-order valence-corrected chi connectivity index (χ1v) is 8.80. The number of carbonyl (C=O) groups is 1. The van der Waals surface area contributed by atoms with E-state index >= 15 is 0 Å². The molecule has 2 aromatic rings. The number of pyridine rings is 1. The van der Waals surface area contributed by atoms with Crippen molar-refractivity contribution in [1.29, 1.82) is 0 Å². The number of fused-ring (bicyclic) bond motifs is 1. The van der Waals surface area contributed by atoms with Gasteiger partial charge >= 0.3 is 5.97 Å². The fourth-order valence-electron chi connectivity index (χ4n) is 3.61. The highest BCUT2D eigenvalue weighted by molar-refractivity contribution is 5.73. The molecular weight excluding hydrogens is 332 g/mol. The van der Waals surface area contributed by atoms with Crippen molar-refractivity contribution in [2.75, 3.05) is 13.7 Å². The van der Waals surface area contributed by atoms with Gasteiger partial charge in [0.15, 0.2) is 0 Å². The zero-order valence-corrected chi connectivity index (χ0v) is 14.8. The van der Waals surface area contributed by atoms with Crippen LogP contribution in [-0.4, -0.2) is 45.8 Å². The number of nitrogens with zero attached hydrogens (tertiary/aromatic N) is 2. The van der Waals surface area contributed by atoms with Gasteiger partial charge in [-0.3, -0.25) is 14.7 Å². The van der Waals surface area contributed by atoms with E-state index < -0.39 is 18.6 Å². The zero-order valence-electron chi connectivity index (χ0n) is 14.8. The fourth-order valence-corrected chi connectivity index (χ4v) is 3.61. The number of rotatable bonds is 7. The van der Waals surface area contributed by atoms with E-state index in [9.17, 15) is 15.0 Å². The lowest BCUT2D eigenvalue weighted by Gasteiger charge is -2.38. The predicted octanol–water partition coefficient (Wildman–Crippen LogP) is 2.42. The van der Waals surface area contributed by atoms with Crippen LogP contribution in [0.15, 0.2) is 42.6 Å². The average molecular weight is 356 g/mol. The number of aliphatic carboxylic acids is 1. The van der Waals surface area contributed by atoms with Gasteiger partial charge in [-0.15, -0.1) is 0 Å². The maximum absolute atomic E-state index is 11.8. The molecule has 0 amide bonds. The summed E-state index contributed by atoms with van der Waals surface area (Å²) in [5, 5.41) is 19.4. The number of hydrogen-bond donors (Lipinski definition) is 2. The normalized spacial score (nSPS) is 17.6. The molecule has 6 heteroatoms. The van der Waals surface area contributed by atoms with Crippen LogP contribution in [0.5, 0.6) is 5.75 Å². The highest BCUT2D eigenvalue weighted by Gasteiger charge is 2.35. The smallest absolute Gasteiger partial charge is 0.323 e. The Hall–Kier alpha value is -2.44. The van der Waals surface area contributed by atoms with Crippen molar-refractivity contribution in [2.45, 2.75) is 37.9 Å². The number of aliphatic hydroxyl groups is 1. The molecule has 0 aliphatic heterocycles. The minimum atomic E-state index is -1.02. The van der Waals surface area contributed by atoms with Gasteiger partial charge in [0.2, 0.25) is 0 Å². The third kappa shape index (κ3) is 3.86. The SMILES string of the molecule is COc1ccc(CN(C2CCCc3cccnc32)[C@@H](CO)C(=O)O)cc1. The molecule has 2 N–H and O–H groups in total. The number of aryl methyl sites for hydroxylation is 1. The van der Waals surface area contributed by atoms with Crippen LogP contribution >= 0.6 is 0 Å². The first-order valence-electron chi connectivity index (χ1n) is 8.80. The summed E-state index contributed by atoms with van der Waals surface area (Å²) < 4.78 is 5.19. The van der Waals surface area contributed by atoms with Crippen molar-refractivity contribution in [3.63, 3.8) is 0 Å². The molecule has 6 nitrogen and oxygen atoms in total. The Morgan fingerprint density at radius 2 is 2.12 bits per heavy atom. The fraction of sp³-hybridized carbons (Fsp3) is 0.400. The summed E-state index contributed by atoms with van der Waals surface area (Å²) in [5.41, 5.74) is 3.05. The Morgan fingerprint density at radius 1 is 1.35 bits per heavy atom. The molecule has 1 aliphatic rings. The van der Waals surface area contributed by atoms with Gasteiger partial charge in [-0.05, 0) is 48.6 Å². The van der Waals surface area contributed by atoms with Crippen LogP contribution in [-0.2, 0) is 17.8 Å². The molecule has 138 valence electrons. The number of aliphatic hydroxyl groups excluding tert-OH is 1. The molecule has 0 saturated heterocycles. The Labute approximate surface area is 153 Å². The molecule has 1 aliphatic carbocycles. The van der Waals surface area contributed by atoms with Crippen LogP contribution in [0.4, 0.5) is 0 Å². The molecule has 26 heavy (non-hydrogen) atoms. The van der Waals surface area contributed by atoms with E-state index in [0.29, 0.717) is 6.54 Å². The molecule has 0 fully saturated rings. The second kappa shape index (κ2) is 8.29. The first-order chi connectivity index (χ1) is 12.6. The largest absolute Gasteiger partial charge is 0.497 e. The summed E-state index contributed by atoms with van der Waals surface area (Å²) in [6.07, 6.45) is 4.49. The maximum Gasteiger partial charge on any atom is 0.323 e. The van der Waals surface area contributed by atoms with E-state index in [4.69, 9.17) is 4.74 Å². The molecular formula is C20H24N2O4. The van der Waals surface area contributed by atoms with Crippen molar-refractivity contribution in [3.05, 3.63) is 59.4 Å². The van der Waals surface area contributed by atoms with Crippen LogP contribution in [0.25, 0.3) is 0 Å². The number of benzene rings is 1. The van der Waals surface area contributed by atoms with E-state index in [0.717, 1.165) is 41.8 Å². The standard InChI is InChI=1S/C20H24N2O4/c1-26-16-9-7-14(8-10-16)12-22(18(13-23)20(24)25)17-6-2-4-15-5-3-11-21-19(15)17/h3,5,7-11,17-18,23H,2,4,6,12-13H2,1H3,(H,24,25)/t17?,18-/m0/s1. The number of methoxy groups -OCH3 is 1. The van der Waals surface area contributed by atoms with Crippen molar-refractivity contribution in [3.8, 4) is 5.75 Å². The molecule has 1 aromatic carbocycles. The lowest BCUT2D eigenvalue weighted by molar-refractivity contribution is -0.146. The van der Waals surface area contributed by atoms with Crippen LogP contribution in [0.3, 0.4) is 0 Å². The van der Waals surface area contributed by atoms with Crippen LogP contribution in [0.1, 0.15) is 35.7 Å². The second-order valence-corrected chi connectivity index (χ2v) is 6.51. The lowest BCUT2D eigenvalue weighted by Crippen LogP contribution is -2.46. The van der Waals surface area contributed by atoms with E-state index in [-0.39, 0.29) is 6.04 Å². The van der Waals surface area contributed by atoms with Crippen molar-refractivity contribution < 1.29 is 19.7 Å². The van der Waals surface area contributed by atoms with E-state index in [1.54, 1.807) is 13.3 Å². The summed E-state index contributed by atoms with van der Waals surface area (Å²) in [4.78, 5) is 18.2. The predicted molar refractivity (Wildman–Crippen MR) is 97.0 cm³/mol. The van der Waals surface area contributed by atoms with Crippen molar-refractivity contribution >= 4 is 5.97 Å². The third-order valence-corrected chi connectivity index (χ3v) is 4.95. The number of aromatic nitrogens is 1. The van der Waals surface area contributed by atoms with Gasteiger partial charge in [-0.1, -0.05) is 18.2 Å². The Bertz CT molecular complexity index is 748. The summed E-state index contributed by atoms with van der Waals surface area (Å²) >= 11 is 0. The van der Waals surface area contributed by atoms with Gasteiger partial charge < -0.3 is 14.9 Å². The van der Waals surface area contributed by atoms with Crippen LogP contribution in [0.2, 0.25) is 0 Å². The van der Waals surface area contributed by atoms with Gasteiger partial charge in [0.05, 0.1) is 25.5 Å². The molecule has 0 saturated carbocycles. The summed E-state index contributed by atoms with van der Waals surface area (Å²) in [6, 6.07) is 10.4. The molecule has 1 aromatic heterocycles. The minimum absolute atomic E-state index is 0.129. The Kier molecular flexibility index (Phi) is 5.85. The van der Waals surface area contributed by atoms with Crippen molar-refractivity contribution in [2.24, 2.45) is 0 Å². The molecule has 0 spiro atoms. The van der Waals surface area contributed by atoms with Crippen molar-refractivity contribution in [1.82, 2.24) is 9.88 Å². The number of carboxylic acids is 1. The maximum atomic E-state index is 11.8. The average Bonchev–Trinajstić information content (AvgIpc) is 2.67. The van der Waals surface area contributed by atoms with Gasteiger partial charge in [-0.25, -0.2) is 0 Å². The summed E-state index contributed by atoms with van der Waals surface area (Å²) in [6.45, 7) is -0.0215. The zero-order chi connectivity index (χ0) is 18.5. The highest BCUT2D eigenvalue weighted by Crippen LogP contribution is 2.35. The number of carboxylic acid groups (broad SMARTS) is 1. The lowest BCUT2D eigenvalue weighted by atomic mass is 9.89. The molecule has 1 heterocycles. The molecule has 0 radical (unpaired) electrons. The molecule has 2 atom stereocenters. The quantitative estimate of drug-likeness (QED) is 0.793. The Morgan fingerprint density at radius 3 is 2.77 bits per heavy atom. The number of ether oxygens (including phenoxy) is 1. The third-order valence-electron chi connectivity index (χ3n) is 4.95. The summed E-state index contributed by atoms with van der Waals surface area (Å²) in [5.74, 6) is -0.272. The van der Waals surface area contributed by atoms with Gasteiger partial charge in [0.1, 0.15) is 11.8 Å². The monoisotopic (exact) mass is 356 g/mol. The minimum Gasteiger partial charge on any atom is -0.497 e. The van der Waals surface area contributed by atoms with Gasteiger partial charge in [-0.2, -0.15) is 0 Å².